The van der Waals surface area contributed by atoms with E-state index < -0.39 is 24.1 Å². The lowest BCUT2D eigenvalue weighted by molar-refractivity contribution is -0.141. The monoisotopic (exact) mass is 490 g/mol. The zero-order chi connectivity index (χ0) is 24.7. The van der Waals surface area contributed by atoms with Crippen molar-refractivity contribution in [1.82, 2.24) is 14.7 Å². The van der Waals surface area contributed by atoms with Gasteiger partial charge in [0.25, 0.3) is 0 Å². The molecule has 0 aliphatic carbocycles. The number of fused-ring (bicyclic) bond motifs is 1. The Hall–Kier alpha value is -3.60. The highest BCUT2D eigenvalue weighted by molar-refractivity contribution is 5.95. The Balaban J connectivity index is 1.28. The highest BCUT2D eigenvalue weighted by Gasteiger charge is 2.38. The van der Waals surface area contributed by atoms with E-state index in [-0.39, 0.29) is 25.7 Å². The van der Waals surface area contributed by atoms with Crippen molar-refractivity contribution >= 4 is 11.6 Å². The third-order valence-corrected chi connectivity index (χ3v) is 6.13. The molecule has 3 aromatic rings. The average Bonchev–Trinajstić information content (AvgIpc) is 3.53. The van der Waals surface area contributed by atoms with Gasteiger partial charge in [-0.1, -0.05) is 24.3 Å². The Kier molecular flexibility index (Phi) is 5.87. The molecule has 7 nitrogen and oxygen atoms in total. The van der Waals surface area contributed by atoms with Crippen molar-refractivity contribution in [2.45, 2.75) is 31.4 Å². The third kappa shape index (κ3) is 4.68. The van der Waals surface area contributed by atoms with Gasteiger partial charge in [0, 0.05) is 37.8 Å². The first kappa shape index (κ1) is 23.2. The van der Waals surface area contributed by atoms with Crippen LogP contribution in [0.4, 0.5) is 23.2 Å². The number of alkyl halides is 4. The summed E-state index contributed by atoms with van der Waals surface area (Å²) in [4.78, 5) is 14.8. The summed E-state index contributed by atoms with van der Waals surface area (Å²) in [7, 11) is 1.43. The number of anilines is 1. The Bertz CT molecular complexity index is 1240. The predicted molar refractivity (Wildman–Crippen MR) is 119 cm³/mol. The van der Waals surface area contributed by atoms with Crippen LogP contribution < -0.4 is 14.8 Å². The lowest BCUT2D eigenvalue weighted by Gasteiger charge is -2.24. The van der Waals surface area contributed by atoms with E-state index in [9.17, 15) is 22.4 Å². The van der Waals surface area contributed by atoms with Crippen molar-refractivity contribution in [2.24, 2.45) is 7.05 Å². The van der Waals surface area contributed by atoms with Gasteiger partial charge in [0.05, 0.1) is 11.7 Å². The summed E-state index contributed by atoms with van der Waals surface area (Å²) in [6.45, 7) is 0.559. The second-order valence-corrected chi connectivity index (χ2v) is 8.53. The Labute approximate surface area is 198 Å². The van der Waals surface area contributed by atoms with E-state index in [0.29, 0.717) is 35.0 Å². The highest BCUT2D eigenvalue weighted by atomic mass is 19.4. The normalized spacial score (nSPS) is 19.8. The molecule has 2 aliphatic rings. The van der Waals surface area contributed by atoms with E-state index in [1.807, 2.05) is 12.1 Å². The maximum absolute atomic E-state index is 14.3. The molecule has 2 aromatic carbocycles. The SMILES string of the molecule is Cn1nc(C(F)(F)F)cc1-c1ccc(NC(=O)[C@H]2C[C@H](F)CN2Cc2cccc3c2OCO3)cc1. The molecule has 0 saturated carbocycles. The van der Waals surface area contributed by atoms with E-state index in [1.54, 1.807) is 35.2 Å². The van der Waals surface area contributed by atoms with Crippen LogP contribution in [0.15, 0.2) is 48.5 Å². The van der Waals surface area contributed by atoms with Crippen molar-refractivity contribution in [3.05, 3.63) is 59.8 Å². The standard InChI is InChI=1S/C24H22F4N4O3/c1-31-18(10-21(30-31)24(26,27)28)14-5-7-17(8-6-14)29-23(33)19-9-16(25)12-32(19)11-15-3-2-4-20-22(15)35-13-34-20/h2-8,10,16,19H,9,11-13H2,1H3,(H,29,33)/t16-,19+/m0/s1. The van der Waals surface area contributed by atoms with Gasteiger partial charge in [-0.15, -0.1) is 0 Å². The highest BCUT2D eigenvalue weighted by Crippen LogP contribution is 2.37. The molecule has 3 heterocycles. The Morgan fingerprint density at radius 1 is 1.17 bits per heavy atom. The number of amides is 1. The molecule has 1 aromatic heterocycles. The van der Waals surface area contributed by atoms with Crippen LogP contribution in [0.1, 0.15) is 17.7 Å². The number of ether oxygens (including phenoxy) is 2. The third-order valence-electron chi connectivity index (χ3n) is 6.13. The summed E-state index contributed by atoms with van der Waals surface area (Å²) in [5, 5.41) is 6.31. The first-order valence-electron chi connectivity index (χ1n) is 11.0. The van der Waals surface area contributed by atoms with Crippen LogP contribution >= 0.6 is 0 Å². The molecule has 2 aliphatic heterocycles. The van der Waals surface area contributed by atoms with Gasteiger partial charge in [-0.05, 0) is 29.8 Å². The fourth-order valence-corrected chi connectivity index (χ4v) is 4.45. The Morgan fingerprint density at radius 2 is 1.94 bits per heavy atom. The van der Waals surface area contributed by atoms with Crippen LogP contribution in [0.5, 0.6) is 11.5 Å². The molecule has 184 valence electrons. The fourth-order valence-electron chi connectivity index (χ4n) is 4.45. The minimum Gasteiger partial charge on any atom is -0.454 e. The number of carbonyl (C=O) groups is 1. The number of aryl methyl sites for hydroxylation is 1. The smallest absolute Gasteiger partial charge is 0.435 e. The predicted octanol–water partition coefficient (Wildman–Crippen LogP) is 4.39. The summed E-state index contributed by atoms with van der Waals surface area (Å²) in [6.07, 6.45) is -5.62. The van der Waals surface area contributed by atoms with E-state index >= 15 is 0 Å². The van der Waals surface area contributed by atoms with Gasteiger partial charge in [0.1, 0.15) is 6.17 Å². The van der Waals surface area contributed by atoms with Gasteiger partial charge in [-0.25, -0.2) is 4.39 Å². The summed E-state index contributed by atoms with van der Waals surface area (Å²) in [5.74, 6) is 0.867. The van der Waals surface area contributed by atoms with Crippen molar-refractivity contribution in [3.8, 4) is 22.8 Å². The number of halogens is 4. The Morgan fingerprint density at radius 3 is 2.66 bits per heavy atom. The van der Waals surface area contributed by atoms with Crippen LogP contribution in [-0.4, -0.2) is 46.1 Å². The lowest BCUT2D eigenvalue weighted by atomic mass is 10.1. The van der Waals surface area contributed by atoms with Crippen molar-refractivity contribution in [2.75, 3.05) is 18.7 Å². The number of likely N-dealkylation sites (tertiary alicyclic amines) is 1. The molecule has 1 amide bonds. The maximum Gasteiger partial charge on any atom is 0.435 e. The van der Waals surface area contributed by atoms with E-state index in [0.717, 1.165) is 16.3 Å². The minimum atomic E-state index is -4.54. The molecule has 0 radical (unpaired) electrons. The van der Waals surface area contributed by atoms with Crippen molar-refractivity contribution in [1.29, 1.82) is 0 Å². The molecule has 1 fully saturated rings. The van der Waals surface area contributed by atoms with Gasteiger partial charge < -0.3 is 14.8 Å². The van der Waals surface area contributed by atoms with E-state index in [1.165, 1.54) is 7.05 Å². The number of carbonyl (C=O) groups excluding carboxylic acids is 1. The van der Waals surface area contributed by atoms with Gasteiger partial charge in [0.2, 0.25) is 12.7 Å². The molecule has 0 bridgehead atoms. The number of hydrogen-bond donors (Lipinski definition) is 1. The summed E-state index contributed by atoms with van der Waals surface area (Å²) < 4.78 is 65.2. The number of aromatic nitrogens is 2. The van der Waals surface area contributed by atoms with Crippen LogP contribution in [0.2, 0.25) is 0 Å². The number of rotatable bonds is 5. The van der Waals surface area contributed by atoms with Gasteiger partial charge in [-0.3, -0.25) is 14.4 Å². The molecular weight excluding hydrogens is 468 g/mol. The van der Waals surface area contributed by atoms with Crippen LogP contribution in [0.25, 0.3) is 11.3 Å². The second kappa shape index (κ2) is 8.88. The topological polar surface area (TPSA) is 68.6 Å². The molecule has 11 heteroatoms. The van der Waals surface area contributed by atoms with E-state index in [4.69, 9.17) is 9.47 Å². The quantitative estimate of drug-likeness (QED) is 0.538. The van der Waals surface area contributed by atoms with Crippen molar-refractivity contribution in [3.63, 3.8) is 0 Å². The first-order chi connectivity index (χ1) is 16.7. The largest absolute Gasteiger partial charge is 0.454 e. The van der Waals surface area contributed by atoms with Gasteiger partial charge >= 0.3 is 6.18 Å². The molecule has 35 heavy (non-hydrogen) atoms. The maximum atomic E-state index is 14.3. The zero-order valence-electron chi connectivity index (χ0n) is 18.7. The molecule has 2 atom stereocenters. The molecule has 1 N–H and O–H groups in total. The molecule has 5 rings (SSSR count). The van der Waals surface area contributed by atoms with Gasteiger partial charge in [0.15, 0.2) is 17.2 Å². The fraction of sp³-hybridized carbons (Fsp3) is 0.333. The van der Waals surface area contributed by atoms with Crippen LogP contribution in [-0.2, 0) is 24.6 Å². The zero-order valence-corrected chi connectivity index (χ0v) is 18.7. The molecule has 1 saturated heterocycles. The second-order valence-electron chi connectivity index (χ2n) is 8.53. The van der Waals surface area contributed by atoms with Crippen LogP contribution in [0.3, 0.4) is 0 Å². The van der Waals surface area contributed by atoms with Crippen LogP contribution in [0, 0.1) is 0 Å². The number of nitrogens with zero attached hydrogens (tertiary/aromatic N) is 3. The molecule has 0 unspecified atom stereocenters. The molecule has 0 spiro atoms. The average molecular weight is 490 g/mol. The van der Waals surface area contributed by atoms with Crippen molar-refractivity contribution < 1.29 is 31.8 Å². The lowest BCUT2D eigenvalue weighted by Crippen LogP contribution is -2.39. The summed E-state index contributed by atoms with van der Waals surface area (Å²) in [6, 6.07) is 12.1. The summed E-state index contributed by atoms with van der Waals surface area (Å²) >= 11 is 0. The number of hydrogen-bond acceptors (Lipinski definition) is 5. The number of nitrogens with one attached hydrogen (secondary N) is 1. The number of para-hydroxylation sites is 1. The number of benzene rings is 2. The minimum absolute atomic E-state index is 0.0610. The molecular formula is C24H22F4N4O3. The summed E-state index contributed by atoms with van der Waals surface area (Å²) in [5.41, 5.74) is 1.09. The van der Waals surface area contributed by atoms with E-state index in [2.05, 4.69) is 10.4 Å². The first-order valence-corrected chi connectivity index (χ1v) is 11.0. The van der Waals surface area contributed by atoms with Gasteiger partial charge in [-0.2, -0.15) is 18.3 Å².